The molecule has 23 heavy (non-hydrogen) atoms. The molecule has 0 atom stereocenters. The molecule has 0 radical (unpaired) electrons. The van der Waals surface area contributed by atoms with Gasteiger partial charge in [-0.25, -0.2) is 5.43 Å². The maximum absolute atomic E-state index is 12.2. The number of furan rings is 1. The number of amides is 1. The van der Waals surface area contributed by atoms with E-state index in [0.29, 0.717) is 33.2 Å². The lowest BCUT2D eigenvalue weighted by molar-refractivity contribution is 0.0954. The molecule has 0 spiro atoms. The van der Waals surface area contributed by atoms with Gasteiger partial charge in [0.25, 0.3) is 5.91 Å². The van der Waals surface area contributed by atoms with E-state index in [2.05, 4.69) is 26.5 Å². The highest BCUT2D eigenvalue weighted by Crippen LogP contribution is 2.38. The van der Waals surface area contributed by atoms with Gasteiger partial charge in [-0.1, -0.05) is 0 Å². The first-order valence-electron chi connectivity index (χ1n) is 6.47. The molecule has 0 unspecified atom stereocenters. The summed E-state index contributed by atoms with van der Waals surface area (Å²) in [4.78, 5) is 12.2. The Morgan fingerprint density at radius 2 is 1.83 bits per heavy atom. The zero-order valence-corrected chi connectivity index (χ0v) is 14.3. The van der Waals surface area contributed by atoms with Gasteiger partial charge in [-0.2, -0.15) is 5.10 Å². The van der Waals surface area contributed by atoms with Crippen molar-refractivity contribution in [2.45, 2.75) is 0 Å². The van der Waals surface area contributed by atoms with Crippen LogP contribution in [0.25, 0.3) is 0 Å². The Bertz CT molecular complexity index is 701. The molecule has 0 saturated heterocycles. The number of halogens is 1. The molecule has 0 aliphatic carbocycles. The van der Waals surface area contributed by atoms with Gasteiger partial charge in [0.15, 0.2) is 16.2 Å². The van der Waals surface area contributed by atoms with Gasteiger partial charge in [-0.05, 0) is 40.2 Å². The highest BCUT2D eigenvalue weighted by atomic mass is 79.9. The lowest BCUT2D eigenvalue weighted by Crippen LogP contribution is -2.18. The van der Waals surface area contributed by atoms with Crippen molar-refractivity contribution in [3.63, 3.8) is 0 Å². The molecule has 1 amide bonds. The first kappa shape index (κ1) is 16.9. The maximum atomic E-state index is 12.2. The minimum absolute atomic E-state index is 0.317. The summed E-state index contributed by atoms with van der Waals surface area (Å²) < 4.78 is 21.4. The summed E-state index contributed by atoms with van der Waals surface area (Å²) in [5.41, 5.74) is 2.72. The normalized spacial score (nSPS) is 10.6. The summed E-state index contributed by atoms with van der Waals surface area (Å²) in [6.07, 6.45) is 1.39. The number of nitrogens with one attached hydrogen (secondary N) is 1. The molecule has 2 rings (SSSR count). The van der Waals surface area contributed by atoms with E-state index in [1.54, 1.807) is 12.1 Å². The van der Waals surface area contributed by atoms with E-state index in [0.717, 1.165) is 0 Å². The fourth-order valence-corrected chi connectivity index (χ4v) is 2.15. The average molecular weight is 383 g/mol. The Balaban J connectivity index is 2.17. The second kappa shape index (κ2) is 7.68. The van der Waals surface area contributed by atoms with E-state index in [4.69, 9.17) is 18.6 Å². The molecule has 1 aromatic carbocycles. The first-order chi connectivity index (χ1) is 11.1. The molecule has 1 aromatic heterocycles. The van der Waals surface area contributed by atoms with E-state index in [9.17, 15) is 4.79 Å². The molecular formula is C15H15BrN2O5. The zero-order valence-electron chi connectivity index (χ0n) is 12.8. The largest absolute Gasteiger partial charge is 0.493 e. The standard InChI is InChI=1S/C15H15BrN2O5/c1-20-11-6-9(7-12(21-2)14(11)22-3)15(19)18-17-8-10-4-5-13(16)23-10/h4-8H,1-3H3,(H,18,19). The third kappa shape index (κ3) is 4.04. The van der Waals surface area contributed by atoms with Crippen molar-refractivity contribution in [1.82, 2.24) is 5.43 Å². The van der Waals surface area contributed by atoms with Crippen LogP contribution >= 0.6 is 15.9 Å². The Kier molecular flexibility index (Phi) is 5.64. The molecule has 8 heteroatoms. The van der Waals surface area contributed by atoms with Gasteiger partial charge in [0.2, 0.25) is 5.75 Å². The van der Waals surface area contributed by atoms with Crippen LogP contribution in [0.5, 0.6) is 17.2 Å². The van der Waals surface area contributed by atoms with Crippen molar-refractivity contribution >= 4 is 28.1 Å². The monoisotopic (exact) mass is 382 g/mol. The molecule has 1 N–H and O–H groups in total. The predicted octanol–water partition coefficient (Wildman–Crippen LogP) is 2.83. The van der Waals surface area contributed by atoms with Crippen LogP contribution in [0.15, 0.2) is 38.5 Å². The molecule has 0 aliphatic heterocycles. The number of carbonyl (C=O) groups excluding carboxylic acids is 1. The number of carbonyl (C=O) groups is 1. The quantitative estimate of drug-likeness (QED) is 0.613. The molecule has 0 saturated carbocycles. The zero-order chi connectivity index (χ0) is 16.8. The highest BCUT2D eigenvalue weighted by molar-refractivity contribution is 9.10. The van der Waals surface area contributed by atoms with Crippen LogP contribution in [0, 0.1) is 0 Å². The first-order valence-corrected chi connectivity index (χ1v) is 7.27. The fraction of sp³-hybridized carbons (Fsp3) is 0.200. The number of benzene rings is 1. The lowest BCUT2D eigenvalue weighted by atomic mass is 10.1. The Morgan fingerprint density at radius 1 is 1.17 bits per heavy atom. The van der Waals surface area contributed by atoms with Gasteiger partial charge in [0.1, 0.15) is 5.76 Å². The minimum atomic E-state index is -0.425. The van der Waals surface area contributed by atoms with Crippen LogP contribution in [0.4, 0.5) is 0 Å². The Hall–Kier alpha value is -2.48. The van der Waals surface area contributed by atoms with Crippen LogP contribution in [-0.4, -0.2) is 33.5 Å². The Morgan fingerprint density at radius 3 is 2.30 bits per heavy atom. The van der Waals surface area contributed by atoms with Crippen molar-refractivity contribution < 1.29 is 23.4 Å². The van der Waals surface area contributed by atoms with Crippen molar-refractivity contribution in [1.29, 1.82) is 0 Å². The summed E-state index contributed by atoms with van der Waals surface area (Å²) in [5, 5.41) is 3.83. The average Bonchev–Trinajstić information content (AvgIpc) is 2.98. The van der Waals surface area contributed by atoms with E-state index >= 15 is 0 Å². The van der Waals surface area contributed by atoms with Crippen molar-refractivity contribution in [2.24, 2.45) is 5.10 Å². The summed E-state index contributed by atoms with van der Waals surface area (Å²) in [7, 11) is 4.45. The van der Waals surface area contributed by atoms with Crippen LogP contribution in [0.1, 0.15) is 16.1 Å². The number of nitrogens with zero attached hydrogens (tertiary/aromatic N) is 1. The molecule has 0 fully saturated rings. The van der Waals surface area contributed by atoms with Crippen molar-refractivity contribution in [3.05, 3.63) is 40.3 Å². The number of rotatable bonds is 6. The summed E-state index contributed by atoms with van der Waals surface area (Å²) in [5.74, 6) is 1.26. The van der Waals surface area contributed by atoms with Crippen molar-refractivity contribution in [3.8, 4) is 17.2 Å². The number of hydrazone groups is 1. The van der Waals surface area contributed by atoms with Gasteiger partial charge in [0.05, 0.1) is 27.5 Å². The third-order valence-corrected chi connectivity index (χ3v) is 3.30. The molecule has 7 nitrogen and oxygen atoms in total. The van der Waals surface area contributed by atoms with E-state index in [1.165, 1.54) is 39.7 Å². The van der Waals surface area contributed by atoms with E-state index < -0.39 is 5.91 Å². The molecule has 122 valence electrons. The summed E-state index contributed by atoms with van der Waals surface area (Å²) in [6.45, 7) is 0. The Labute approximate surface area is 141 Å². The number of hydrogen-bond acceptors (Lipinski definition) is 6. The van der Waals surface area contributed by atoms with Crippen LogP contribution < -0.4 is 19.6 Å². The van der Waals surface area contributed by atoms with Gasteiger partial charge in [-0.15, -0.1) is 0 Å². The molecule has 0 aliphatic rings. The van der Waals surface area contributed by atoms with Crippen LogP contribution in [-0.2, 0) is 0 Å². The molecule has 0 bridgehead atoms. The second-order valence-corrected chi connectivity index (χ2v) is 5.04. The number of ether oxygens (including phenoxy) is 3. The third-order valence-electron chi connectivity index (χ3n) is 2.88. The number of methoxy groups -OCH3 is 3. The second-order valence-electron chi connectivity index (χ2n) is 4.26. The summed E-state index contributed by atoms with van der Waals surface area (Å²) >= 11 is 3.18. The SMILES string of the molecule is COc1cc(C(=O)NN=Cc2ccc(Br)o2)cc(OC)c1OC. The molecular weight excluding hydrogens is 368 g/mol. The van der Waals surface area contributed by atoms with E-state index in [-0.39, 0.29) is 0 Å². The lowest BCUT2D eigenvalue weighted by Gasteiger charge is -2.13. The smallest absolute Gasteiger partial charge is 0.271 e. The van der Waals surface area contributed by atoms with Gasteiger partial charge >= 0.3 is 0 Å². The highest BCUT2D eigenvalue weighted by Gasteiger charge is 2.16. The topological polar surface area (TPSA) is 82.3 Å². The minimum Gasteiger partial charge on any atom is -0.493 e. The van der Waals surface area contributed by atoms with E-state index in [1.807, 2.05) is 0 Å². The van der Waals surface area contributed by atoms with Gasteiger partial charge < -0.3 is 18.6 Å². The molecule has 1 heterocycles. The number of hydrogen-bond donors (Lipinski definition) is 1. The van der Waals surface area contributed by atoms with Crippen LogP contribution in [0.2, 0.25) is 0 Å². The van der Waals surface area contributed by atoms with Crippen LogP contribution in [0.3, 0.4) is 0 Å². The maximum Gasteiger partial charge on any atom is 0.271 e. The van der Waals surface area contributed by atoms with Crippen molar-refractivity contribution in [2.75, 3.05) is 21.3 Å². The summed E-state index contributed by atoms with van der Waals surface area (Å²) in [6, 6.07) is 6.51. The van der Waals surface area contributed by atoms with Gasteiger partial charge in [-0.3, -0.25) is 4.79 Å². The van der Waals surface area contributed by atoms with Gasteiger partial charge in [0, 0.05) is 5.56 Å². The fourth-order valence-electron chi connectivity index (χ4n) is 1.83. The predicted molar refractivity (Wildman–Crippen MR) is 87.6 cm³/mol. The molecule has 2 aromatic rings.